The van der Waals surface area contributed by atoms with Gasteiger partial charge in [0.25, 0.3) is 0 Å². The molecule has 0 aromatic carbocycles. The number of hydrogen-bond acceptors (Lipinski definition) is 2. The van der Waals surface area contributed by atoms with E-state index in [1.54, 1.807) is 0 Å². The van der Waals surface area contributed by atoms with Gasteiger partial charge in [-0.25, -0.2) is 0 Å². The highest BCUT2D eigenvalue weighted by molar-refractivity contribution is 4.90. The molecule has 0 saturated carbocycles. The maximum absolute atomic E-state index is 5.84. The fourth-order valence-corrected chi connectivity index (χ4v) is 2.85. The Kier molecular flexibility index (Phi) is 3.45. The van der Waals surface area contributed by atoms with Gasteiger partial charge in [0.1, 0.15) is 0 Å². The number of ether oxygens (including phenoxy) is 1. The first-order valence-electron chi connectivity index (χ1n) is 6.22. The second kappa shape index (κ2) is 4.63. The lowest BCUT2D eigenvalue weighted by atomic mass is 9.89. The number of nitrogens with one attached hydrogen (secondary N) is 1. The monoisotopic (exact) mass is 197 g/mol. The van der Waals surface area contributed by atoms with Gasteiger partial charge >= 0.3 is 0 Å². The Morgan fingerprint density at radius 3 is 2.57 bits per heavy atom. The van der Waals surface area contributed by atoms with Gasteiger partial charge in [-0.2, -0.15) is 0 Å². The fraction of sp³-hybridized carbons (Fsp3) is 1.00. The van der Waals surface area contributed by atoms with Crippen LogP contribution in [0.3, 0.4) is 0 Å². The van der Waals surface area contributed by atoms with E-state index in [1.165, 1.54) is 38.6 Å². The molecular formula is C12H23NO. The largest absolute Gasteiger partial charge is 0.375 e. The van der Waals surface area contributed by atoms with Crippen molar-refractivity contribution in [3.63, 3.8) is 0 Å². The molecular weight excluding hydrogens is 174 g/mol. The lowest BCUT2D eigenvalue weighted by Gasteiger charge is -2.22. The number of rotatable bonds is 5. The van der Waals surface area contributed by atoms with Gasteiger partial charge in [0, 0.05) is 18.5 Å². The van der Waals surface area contributed by atoms with Crippen molar-refractivity contribution in [1.82, 2.24) is 5.32 Å². The summed E-state index contributed by atoms with van der Waals surface area (Å²) in [5, 5.41) is 3.67. The lowest BCUT2D eigenvalue weighted by Crippen LogP contribution is -2.35. The SMILES string of the molecule is CCC(CC)NCC1CC2CCC1O2. The molecule has 3 atom stereocenters. The molecule has 82 valence electrons. The Labute approximate surface area is 87.4 Å². The van der Waals surface area contributed by atoms with Crippen LogP contribution in [0.5, 0.6) is 0 Å². The maximum Gasteiger partial charge on any atom is 0.0621 e. The van der Waals surface area contributed by atoms with E-state index in [-0.39, 0.29) is 0 Å². The summed E-state index contributed by atoms with van der Waals surface area (Å²) in [6.07, 6.45) is 7.61. The van der Waals surface area contributed by atoms with Crippen molar-refractivity contribution in [2.24, 2.45) is 5.92 Å². The third-order valence-corrected chi connectivity index (χ3v) is 3.89. The van der Waals surface area contributed by atoms with Crippen molar-refractivity contribution in [3.05, 3.63) is 0 Å². The van der Waals surface area contributed by atoms with Crippen molar-refractivity contribution < 1.29 is 4.74 Å². The normalized spacial score (nSPS) is 35.8. The Morgan fingerprint density at radius 1 is 1.29 bits per heavy atom. The van der Waals surface area contributed by atoms with Gasteiger partial charge in [0.15, 0.2) is 0 Å². The van der Waals surface area contributed by atoms with Crippen molar-refractivity contribution >= 4 is 0 Å². The average molecular weight is 197 g/mol. The highest BCUT2D eigenvalue weighted by Gasteiger charge is 2.40. The van der Waals surface area contributed by atoms with Gasteiger partial charge < -0.3 is 10.1 Å². The minimum Gasteiger partial charge on any atom is -0.375 e. The summed E-state index contributed by atoms with van der Waals surface area (Å²) >= 11 is 0. The summed E-state index contributed by atoms with van der Waals surface area (Å²) in [5.74, 6) is 0.800. The van der Waals surface area contributed by atoms with Crippen LogP contribution in [0.2, 0.25) is 0 Å². The summed E-state index contributed by atoms with van der Waals surface area (Å²) in [6, 6.07) is 0.717. The third kappa shape index (κ3) is 2.12. The molecule has 2 aliphatic heterocycles. The van der Waals surface area contributed by atoms with Crippen LogP contribution in [-0.2, 0) is 4.74 Å². The molecule has 0 radical (unpaired) electrons. The molecule has 3 unspecified atom stereocenters. The highest BCUT2D eigenvalue weighted by Crippen LogP contribution is 2.38. The predicted octanol–water partition coefficient (Wildman–Crippen LogP) is 2.33. The predicted molar refractivity (Wildman–Crippen MR) is 58.4 cm³/mol. The topological polar surface area (TPSA) is 21.3 Å². The Morgan fingerprint density at radius 2 is 2.07 bits per heavy atom. The Bertz CT molecular complexity index is 179. The molecule has 2 heteroatoms. The van der Waals surface area contributed by atoms with Crippen LogP contribution in [0.1, 0.15) is 46.0 Å². The molecule has 2 bridgehead atoms. The zero-order chi connectivity index (χ0) is 9.97. The zero-order valence-electron chi connectivity index (χ0n) is 9.46. The second-order valence-electron chi connectivity index (χ2n) is 4.79. The molecule has 0 aromatic rings. The fourth-order valence-electron chi connectivity index (χ4n) is 2.85. The molecule has 2 fully saturated rings. The summed E-state index contributed by atoms with van der Waals surface area (Å²) in [5.41, 5.74) is 0. The van der Waals surface area contributed by atoms with E-state index in [0.717, 1.165) is 5.92 Å². The van der Waals surface area contributed by atoms with Crippen LogP contribution < -0.4 is 5.32 Å². The van der Waals surface area contributed by atoms with Gasteiger partial charge in [-0.3, -0.25) is 0 Å². The van der Waals surface area contributed by atoms with Crippen molar-refractivity contribution in [2.45, 2.75) is 64.2 Å². The quantitative estimate of drug-likeness (QED) is 0.730. The lowest BCUT2D eigenvalue weighted by molar-refractivity contribution is 0.0919. The van der Waals surface area contributed by atoms with Crippen LogP contribution in [0, 0.1) is 5.92 Å². The number of hydrogen-bond donors (Lipinski definition) is 1. The van der Waals surface area contributed by atoms with Gasteiger partial charge in [-0.15, -0.1) is 0 Å². The molecule has 2 rings (SSSR count). The van der Waals surface area contributed by atoms with Gasteiger partial charge in [-0.1, -0.05) is 13.8 Å². The molecule has 1 N–H and O–H groups in total. The van der Waals surface area contributed by atoms with Crippen molar-refractivity contribution in [2.75, 3.05) is 6.54 Å². The van der Waals surface area contributed by atoms with E-state index >= 15 is 0 Å². The minimum atomic E-state index is 0.585. The minimum absolute atomic E-state index is 0.585. The first kappa shape index (κ1) is 10.4. The molecule has 2 heterocycles. The summed E-state index contributed by atoms with van der Waals surface area (Å²) < 4.78 is 5.84. The zero-order valence-corrected chi connectivity index (χ0v) is 9.46. The van der Waals surface area contributed by atoms with Crippen molar-refractivity contribution in [3.8, 4) is 0 Å². The molecule has 2 saturated heterocycles. The Balaban J connectivity index is 1.71. The molecule has 2 nitrogen and oxygen atoms in total. The van der Waals surface area contributed by atoms with Gasteiger partial charge in [0.05, 0.1) is 12.2 Å². The highest BCUT2D eigenvalue weighted by atomic mass is 16.5. The van der Waals surface area contributed by atoms with Crippen LogP contribution in [-0.4, -0.2) is 24.8 Å². The van der Waals surface area contributed by atoms with Gasteiger partial charge in [-0.05, 0) is 32.1 Å². The first-order valence-corrected chi connectivity index (χ1v) is 6.22. The molecule has 14 heavy (non-hydrogen) atoms. The van der Waals surface area contributed by atoms with E-state index in [9.17, 15) is 0 Å². The van der Waals surface area contributed by atoms with Crippen molar-refractivity contribution in [1.29, 1.82) is 0 Å². The molecule has 2 aliphatic rings. The van der Waals surface area contributed by atoms with E-state index in [0.29, 0.717) is 18.2 Å². The standard InChI is InChI=1S/C12H23NO/c1-3-10(4-2)13-8-9-7-11-5-6-12(9)14-11/h9-13H,3-8H2,1-2H3. The van der Waals surface area contributed by atoms with E-state index in [4.69, 9.17) is 4.74 Å². The summed E-state index contributed by atoms with van der Waals surface area (Å²) in [7, 11) is 0. The van der Waals surface area contributed by atoms with Gasteiger partial charge in [0.2, 0.25) is 0 Å². The van der Waals surface area contributed by atoms with E-state index in [1.807, 2.05) is 0 Å². The van der Waals surface area contributed by atoms with E-state index in [2.05, 4.69) is 19.2 Å². The maximum atomic E-state index is 5.84. The smallest absolute Gasteiger partial charge is 0.0621 e. The van der Waals surface area contributed by atoms with Crippen LogP contribution >= 0.6 is 0 Å². The molecule has 0 amide bonds. The molecule has 0 aliphatic carbocycles. The van der Waals surface area contributed by atoms with E-state index < -0.39 is 0 Å². The summed E-state index contributed by atoms with van der Waals surface area (Å²) in [6.45, 7) is 5.70. The van der Waals surface area contributed by atoms with Crippen LogP contribution in [0.4, 0.5) is 0 Å². The average Bonchev–Trinajstić information content (AvgIpc) is 2.80. The first-order chi connectivity index (χ1) is 6.83. The molecule has 0 spiro atoms. The van der Waals surface area contributed by atoms with Crippen LogP contribution in [0.15, 0.2) is 0 Å². The molecule has 0 aromatic heterocycles. The Hall–Kier alpha value is -0.0800. The second-order valence-corrected chi connectivity index (χ2v) is 4.79. The summed E-state index contributed by atoms with van der Waals surface area (Å²) in [4.78, 5) is 0. The number of fused-ring (bicyclic) bond motifs is 2. The van der Waals surface area contributed by atoms with Crippen LogP contribution in [0.25, 0.3) is 0 Å². The third-order valence-electron chi connectivity index (χ3n) is 3.89.